The predicted molar refractivity (Wildman–Crippen MR) is 84.4 cm³/mol. The molecule has 106 valence electrons. The molecule has 1 aliphatic heterocycles. The molecule has 3 heteroatoms. The highest BCUT2D eigenvalue weighted by molar-refractivity contribution is 8.14. The van der Waals surface area contributed by atoms with Crippen LogP contribution in [0.25, 0.3) is 0 Å². The van der Waals surface area contributed by atoms with Crippen molar-refractivity contribution in [1.82, 2.24) is 5.32 Å². The molecule has 2 nitrogen and oxygen atoms in total. The van der Waals surface area contributed by atoms with Crippen molar-refractivity contribution in [3.05, 3.63) is 0 Å². The van der Waals surface area contributed by atoms with Gasteiger partial charge in [-0.25, -0.2) is 0 Å². The van der Waals surface area contributed by atoms with Crippen LogP contribution in [0.1, 0.15) is 60.3 Å². The monoisotopic (exact) mass is 270 g/mol. The van der Waals surface area contributed by atoms with Crippen molar-refractivity contribution in [3.8, 4) is 0 Å². The first-order chi connectivity index (χ1) is 8.44. The number of unbranched alkanes of at least 4 members (excludes halogenated alkanes) is 2. The minimum atomic E-state index is 0.348. The smallest absolute Gasteiger partial charge is 0.156 e. The first-order valence-corrected chi connectivity index (χ1v) is 8.37. The molecule has 0 saturated carbocycles. The van der Waals surface area contributed by atoms with Gasteiger partial charge in [-0.3, -0.25) is 4.99 Å². The zero-order valence-corrected chi connectivity index (χ0v) is 13.6. The summed E-state index contributed by atoms with van der Waals surface area (Å²) in [5, 5.41) is 4.71. The number of rotatable bonds is 7. The largest absolute Gasteiger partial charge is 0.361 e. The van der Waals surface area contributed by atoms with Crippen LogP contribution >= 0.6 is 11.8 Å². The molecule has 0 radical (unpaired) electrons. The molecule has 1 aliphatic rings. The van der Waals surface area contributed by atoms with Crippen LogP contribution in [-0.4, -0.2) is 23.5 Å². The van der Waals surface area contributed by atoms with E-state index in [1.54, 1.807) is 0 Å². The van der Waals surface area contributed by atoms with Gasteiger partial charge in [-0.15, -0.1) is 0 Å². The Hall–Kier alpha value is -0.180. The first kappa shape index (κ1) is 15.9. The summed E-state index contributed by atoms with van der Waals surface area (Å²) in [6.07, 6.45) is 5.28. The molecule has 0 aromatic rings. The second kappa shape index (κ2) is 7.42. The van der Waals surface area contributed by atoms with Crippen molar-refractivity contribution in [1.29, 1.82) is 0 Å². The number of hydrogen-bond donors (Lipinski definition) is 1. The molecule has 1 fully saturated rings. The van der Waals surface area contributed by atoms with E-state index in [0.717, 1.165) is 11.7 Å². The van der Waals surface area contributed by atoms with Crippen molar-refractivity contribution in [2.45, 2.75) is 66.3 Å². The summed E-state index contributed by atoms with van der Waals surface area (Å²) in [4.78, 5) is 4.77. The Bertz CT molecular complexity index is 272. The molecule has 0 aromatic heterocycles. The number of thioether (sulfide) groups is 1. The Labute approximate surface area is 117 Å². The second-order valence-electron chi connectivity index (χ2n) is 6.55. The van der Waals surface area contributed by atoms with Crippen molar-refractivity contribution in [3.63, 3.8) is 0 Å². The van der Waals surface area contributed by atoms with Gasteiger partial charge in [0.2, 0.25) is 0 Å². The van der Waals surface area contributed by atoms with Crippen LogP contribution in [0.4, 0.5) is 0 Å². The van der Waals surface area contributed by atoms with E-state index in [1.807, 2.05) is 11.8 Å². The van der Waals surface area contributed by atoms with E-state index in [0.29, 0.717) is 17.4 Å². The van der Waals surface area contributed by atoms with Gasteiger partial charge in [0.1, 0.15) is 0 Å². The van der Waals surface area contributed by atoms with Crippen LogP contribution in [0.2, 0.25) is 0 Å². The third-order valence-electron chi connectivity index (χ3n) is 3.62. The summed E-state index contributed by atoms with van der Waals surface area (Å²) in [7, 11) is 0. The fourth-order valence-corrected chi connectivity index (χ4v) is 3.28. The number of amidine groups is 1. The Morgan fingerprint density at radius 2 is 2.11 bits per heavy atom. The van der Waals surface area contributed by atoms with Gasteiger partial charge in [-0.05, 0) is 17.8 Å². The van der Waals surface area contributed by atoms with Gasteiger partial charge in [-0.1, -0.05) is 65.6 Å². The van der Waals surface area contributed by atoms with Gasteiger partial charge < -0.3 is 5.32 Å². The number of hydrogen-bond acceptors (Lipinski definition) is 2. The molecule has 0 aromatic carbocycles. The van der Waals surface area contributed by atoms with E-state index in [4.69, 9.17) is 4.99 Å². The molecule has 1 saturated heterocycles. The summed E-state index contributed by atoms with van der Waals surface area (Å²) in [5.41, 5.74) is 0.348. The SMILES string of the molecule is CCCCCC(C)(C)CN=C1N[C@@H](C(C)C)CS1. The molecule has 0 spiro atoms. The van der Waals surface area contributed by atoms with Crippen LogP contribution < -0.4 is 5.32 Å². The standard InChI is InChI=1S/C15H30N2S/c1-6-7-8-9-15(4,5)11-16-14-17-13(10-18-14)12(2)3/h12-13H,6-11H2,1-5H3,(H,16,17)/t13-/m1/s1. The number of nitrogens with one attached hydrogen (secondary N) is 1. The van der Waals surface area contributed by atoms with E-state index < -0.39 is 0 Å². The number of aliphatic imine (C=N–C) groups is 1. The Morgan fingerprint density at radius 1 is 1.39 bits per heavy atom. The van der Waals surface area contributed by atoms with Gasteiger partial charge in [0.25, 0.3) is 0 Å². The molecule has 1 heterocycles. The van der Waals surface area contributed by atoms with Crippen molar-refractivity contribution in [2.75, 3.05) is 12.3 Å². The van der Waals surface area contributed by atoms with E-state index in [2.05, 4.69) is 39.9 Å². The van der Waals surface area contributed by atoms with Gasteiger partial charge in [0.15, 0.2) is 5.17 Å². The number of nitrogens with zero attached hydrogens (tertiary/aromatic N) is 1. The maximum atomic E-state index is 4.77. The third-order valence-corrected chi connectivity index (χ3v) is 4.67. The minimum absolute atomic E-state index is 0.348. The molecule has 18 heavy (non-hydrogen) atoms. The molecule has 1 rings (SSSR count). The average Bonchev–Trinajstić information content (AvgIpc) is 2.75. The second-order valence-corrected chi connectivity index (χ2v) is 7.56. The quantitative estimate of drug-likeness (QED) is 0.697. The Morgan fingerprint density at radius 3 is 2.67 bits per heavy atom. The zero-order valence-electron chi connectivity index (χ0n) is 12.8. The van der Waals surface area contributed by atoms with Gasteiger partial charge in [-0.2, -0.15) is 0 Å². The lowest BCUT2D eigenvalue weighted by atomic mass is 9.87. The van der Waals surface area contributed by atoms with Crippen molar-refractivity contribution < 1.29 is 0 Å². The molecular formula is C15H30N2S. The lowest BCUT2D eigenvalue weighted by Crippen LogP contribution is -2.32. The van der Waals surface area contributed by atoms with Crippen molar-refractivity contribution in [2.24, 2.45) is 16.3 Å². The van der Waals surface area contributed by atoms with E-state index >= 15 is 0 Å². The normalized spacial score (nSPS) is 22.8. The van der Waals surface area contributed by atoms with Crippen molar-refractivity contribution >= 4 is 16.9 Å². The van der Waals surface area contributed by atoms with Crippen LogP contribution in [-0.2, 0) is 0 Å². The lowest BCUT2D eigenvalue weighted by Gasteiger charge is -2.22. The topological polar surface area (TPSA) is 24.4 Å². The van der Waals surface area contributed by atoms with Crippen LogP contribution in [0.3, 0.4) is 0 Å². The summed E-state index contributed by atoms with van der Waals surface area (Å²) in [5.74, 6) is 1.87. The highest BCUT2D eigenvalue weighted by atomic mass is 32.2. The summed E-state index contributed by atoms with van der Waals surface area (Å²) in [6.45, 7) is 12.4. The molecule has 1 N–H and O–H groups in total. The minimum Gasteiger partial charge on any atom is -0.361 e. The Balaban J connectivity index is 2.34. The molecule has 0 bridgehead atoms. The van der Waals surface area contributed by atoms with E-state index in [-0.39, 0.29) is 0 Å². The summed E-state index contributed by atoms with van der Waals surface area (Å²) in [6, 6.07) is 0.608. The average molecular weight is 270 g/mol. The predicted octanol–water partition coefficient (Wildman–Crippen LogP) is 4.31. The third kappa shape index (κ3) is 5.64. The zero-order chi connectivity index (χ0) is 13.6. The van der Waals surface area contributed by atoms with Crippen LogP contribution in [0.15, 0.2) is 4.99 Å². The molecular weight excluding hydrogens is 240 g/mol. The van der Waals surface area contributed by atoms with Gasteiger partial charge >= 0.3 is 0 Å². The van der Waals surface area contributed by atoms with Gasteiger partial charge in [0.05, 0.1) is 0 Å². The lowest BCUT2D eigenvalue weighted by molar-refractivity contribution is 0.333. The molecule has 0 amide bonds. The Kier molecular flexibility index (Phi) is 6.54. The summed E-state index contributed by atoms with van der Waals surface area (Å²) >= 11 is 1.89. The fraction of sp³-hybridized carbons (Fsp3) is 0.933. The van der Waals surface area contributed by atoms with Gasteiger partial charge in [0, 0.05) is 18.3 Å². The fourth-order valence-electron chi connectivity index (χ4n) is 2.08. The maximum absolute atomic E-state index is 4.77. The van der Waals surface area contributed by atoms with E-state index in [9.17, 15) is 0 Å². The van der Waals surface area contributed by atoms with Crippen LogP contribution in [0, 0.1) is 11.3 Å². The first-order valence-electron chi connectivity index (χ1n) is 7.38. The molecule has 0 aliphatic carbocycles. The van der Waals surface area contributed by atoms with Crippen LogP contribution in [0.5, 0.6) is 0 Å². The maximum Gasteiger partial charge on any atom is 0.156 e. The summed E-state index contributed by atoms with van der Waals surface area (Å²) < 4.78 is 0. The molecule has 1 atom stereocenters. The highest BCUT2D eigenvalue weighted by Crippen LogP contribution is 2.26. The highest BCUT2D eigenvalue weighted by Gasteiger charge is 2.24. The molecule has 0 unspecified atom stereocenters. The van der Waals surface area contributed by atoms with E-state index in [1.165, 1.54) is 31.4 Å².